The minimum absolute atomic E-state index is 0.213. The topological polar surface area (TPSA) is 72.2 Å². The van der Waals surface area contributed by atoms with Gasteiger partial charge in [0.25, 0.3) is 0 Å². The van der Waals surface area contributed by atoms with Gasteiger partial charge in [0, 0.05) is 12.0 Å². The average molecular weight is 256 g/mol. The molecule has 1 aliphatic heterocycles. The lowest BCUT2D eigenvalue weighted by molar-refractivity contribution is 0.274. The molecule has 98 valence electrons. The van der Waals surface area contributed by atoms with Gasteiger partial charge in [-0.15, -0.1) is 0 Å². The summed E-state index contributed by atoms with van der Waals surface area (Å²) in [4.78, 5) is 4.37. The van der Waals surface area contributed by atoms with Crippen LogP contribution < -0.4 is 21.3 Å². The summed E-state index contributed by atoms with van der Waals surface area (Å²) in [5, 5.41) is 3.43. The Morgan fingerprint density at radius 2 is 1.95 bits per heavy atom. The van der Waals surface area contributed by atoms with Crippen LogP contribution in [0.3, 0.4) is 0 Å². The molecule has 0 fully saturated rings. The molecule has 1 aromatic carbocycles. The normalized spacial score (nSPS) is 17.2. The Morgan fingerprint density at radius 1 is 1.11 bits per heavy atom. The SMILES string of the molecule is NNc1cccc(NC2CCOc3ccccc32)n1. The summed E-state index contributed by atoms with van der Waals surface area (Å²) in [6.07, 6.45) is 0.916. The first-order chi connectivity index (χ1) is 9.36. The van der Waals surface area contributed by atoms with Crippen molar-refractivity contribution in [2.24, 2.45) is 5.84 Å². The molecular weight excluding hydrogens is 240 g/mol. The number of pyridine rings is 1. The molecule has 1 unspecified atom stereocenters. The van der Waals surface area contributed by atoms with Crippen molar-refractivity contribution < 1.29 is 4.74 Å². The molecule has 5 nitrogen and oxygen atoms in total. The van der Waals surface area contributed by atoms with Gasteiger partial charge in [0.1, 0.15) is 17.4 Å². The lowest BCUT2D eigenvalue weighted by Gasteiger charge is -2.27. The molecule has 2 aromatic rings. The fourth-order valence-corrected chi connectivity index (χ4v) is 2.27. The smallest absolute Gasteiger partial charge is 0.142 e. The average Bonchev–Trinajstić information content (AvgIpc) is 2.48. The first-order valence-corrected chi connectivity index (χ1v) is 6.29. The van der Waals surface area contributed by atoms with Crippen molar-refractivity contribution in [2.45, 2.75) is 12.5 Å². The Labute approximate surface area is 111 Å². The van der Waals surface area contributed by atoms with Crippen molar-refractivity contribution in [1.82, 2.24) is 4.98 Å². The van der Waals surface area contributed by atoms with Gasteiger partial charge < -0.3 is 15.5 Å². The first kappa shape index (κ1) is 11.8. The van der Waals surface area contributed by atoms with Gasteiger partial charge in [-0.1, -0.05) is 24.3 Å². The van der Waals surface area contributed by atoms with Crippen LogP contribution in [0, 0.1) is 0 Å². The van der Waals surface area contributed by atoms with E-state index < -0.39 is 0 Å². The van der Waals surface area contributed by atoms with Crippen LogP contribution in [0.5, 0.6) is 5.75 Å². The molecule has 0 spiro atoms. The van der Waals surface area contributed by atoms with Crippen molar-refractivity contribution in [3.63, 3.8) is 0 Å². The second-order valence-electron chi connectivity index (χ2n) is 4.42. The number of anilines is 2. The molecule has 1 atom stereocenters. The molecule has 2 heterocycles. The number of hydrogen-bond acceptors (Lipinski definition) is 5. The molecule has 0 aliphatic carbocycles. The highest BCUT2D eigenvalue weighted by Crippen LogP contribution is 2.33. The summed E-state index contributed by atoms with van der Waals surface area (Å²) >= 11 is 0. The molecule has 0 amide bonds. The molecule has 0 radical (unpaired) electrons. The number of rotatable bonds is 3. The molecular formula is C14H16N4O. The number of ether oxygens (including phenoxy) is 1. The largest absolute Gasteiger partial charge is 0.493 e. The number of hydrogen-bond donors (Lipinski definition) is 3. The highest BCUT2D eigenvalue weighted by atomic mass is 16.5. The standard InChI is InChI=1S/C14H16N4O/c15-18-14-7-3-6-13(17-14)16-11-8-9-19-12-5-2-1-4-10(11)12/h1-7,11H,8-9,15H2,(H2,16,17,18). The van der Waals surface area contributed by atoms with Gasteiger partial charge in [0.05, 0.1) is 12.6 Å². The molecule has 1 aromatic heterocycles. The van der Waals surface area contributed by atoms with Gasteiger partial charge in [-0.25, -0.2) is 10.8 Å². The van der Waals surface area contributed by atoms with E-state index in [1.54, 1.807) is 0 Å². The van der Waals surface area contributed by atoms with Crippen molar-refractivity contribution in [1.29, 1.82) is 0 Å². The zero-order valence-electron chi connectivity index (χ0n) is 10.5. The molecule has 4 N–H and O–H groups in total. The molecule has 0 bridgehead atoms. The van der Waals surface area contributed by atoms with E-state index in [9.17, 15) is 0 Å². The van der Waals surface area contributed by atoms with Gasteiger partial charge in [-0.3, -0.25) is 0 Å². The van der Waals surface area contributed by atoms with Gasteiger partial charge in [0.15, 0.2) is 0 Å². The molecule has 3 rings (SSSR count). The van der Waals surface area contributed by atoms with Crippen LogP contribution in [0.25, 0.3) is 0 Å². The van der Waals surface area contributed by atoms with Crippen LogP contribution in [-0.2, 0) is 0 Å². The summed E-state index contributed by atoms with van der Waals surface area (Å²) in [5.74, 6) is 7.76. The summed E-state index contributed by atoms with van der Waals surface area (Å²) < 4.78 is 5.64. The van der Waals surface area contributed by atoms with Gasteiger partial charge >= 0.3 is 0 Å². The number of para-hydroxylation sites is 1. The molecule has 0 saturated heterocycles. The van der Waals surface area contributed by atoms with Crippen molar-refractivity contribution in [3.8, 4) is 5.75 Å². The molecule has 1 aliphatic rings. The van der Waals surface area contributed by atoms with Crippen molar-refractivity contribution in [3.05, 3.63) is 48.0 Å². The van der Waals surface area contributed by atoms with E-state index in [0.29, 0.717) is 12.4 Å². The lowest BCUT2D eigenvalue weighted by atomic mass is 10.0. The van der Waals surface area contributed by atoms with E-state index in [1.165, 1.54) is 5.56 Å². The van der Waals surface area contributed by atoms with E-state index >= 15 is 0 Å². The third-order valence-electron chi connectivity index (χ3n) is 3.18. The number of fused-ring (bicyclic) bond motifs is 1. The Morgan fingerprint density at radius 3 is 2.84 bits per heavy atom. The predicted molar refractivity (Wildman–Crippen MR) is 75.0 cm³/mol. The Bertz CT molecular complexity index is 573. The van der Waals surface area contributed by atoms with E-state index in [4.69, 9.17) is 10.6 Å². The molecule has 19 heavy (non-hydrogen) atoms. The molecule has 5 heteroatoms. The quantitative estimate of drug-likeness (QED) is 0.580. The zero-order chi connectivity index (χ0) is 13.1. The van der Waals surface area contributed by atoms with Crippen molar-refractivity contribution >= 4 is 11.6 Å². The maximum atomic E-state index is 5.64. The predicted octanol–water partition coefficient (Wildman–Crippen LogP) is 2.30. The van der Waals surface area contributed by atoms with E-state index in [2.05, 4.69) is 21.8 Å². The number of nitrogens with two attached hydrogens (primary N) is 1. The Kier molecular flexibility index (Phi) is 3.20. The minimum Gasteiger partial charge on any atom is -0.493 e. The highest BCUT2D eigenvalue weighted by Gasteiger charge is 2.20. The third-order valence-corrected chi connectivity index (χ3v) is 3.18. The number of nitrogens with zero attached hydrogens (tertiary/aromatic N) is 1. The Balaban J connectivity index is 1.84. The van der Waals surface area contributed by atoms with E-state index in [0.717, 1.165) is 18.0 Å². The van der Waals surface area contributed by atoms with Crippen LogP contribution >= 0.6 is 0 Å². The summed E-state index contributed by atoms with van der Waals surface area (Å²) in [5.41, 5.74) is 3.72. The number of benzene rings is 1. The van der Waals surface area contributed by atoms with Crippen LogP contribution in [0.1, 0.15) is 18.0 Å². The first-order valence-electron chi connectivity index (χ1n) is 6.29. The van der Waals surface area contributed by atoms with Crippen LogP contribution in [-0.4, -0.2) is 11.6 Å². The van der Waals surface area contributed by atoms with Gasteiger partial charge in [0.2, 0.25) is 0 Å². The lowest BCUT2D eigenvalue weighted by Crippen LogP contribution is -2.21. The van der Waals surface area contributed by atoms with Crippen LogP contribution in [0.2, 0.25) is 0 Å². The number of hydrazine groups is 1. The maximum absolute atomic E-state index is 5.64. The van der Waals surface area contributed by atoms with Crippen LogP contribution in [0.15, 0.2) is 42.5 Å². The molecule has 0 saturated carbocycles. The fourth-order valence-electron chi connectivity index (χ4n) is 2.27. The zero-order valence-corrected chi connectivity index (χ0v) is 10.5. The highest BCUT2D eigenvalue weighted by molar-refractivity contribution is 5.48. The summed E-state index contributed by atoms with van der Waals surface area (Å²) in [6, 6.07) is 14.0. The van der Waals surface area contributed by atoms with E-state index in [1.807, 2.05) is 36.4 Å². The third kappa shape index (κ3) is 2.46. The van der Waals surface area contributed by atoms with Crippen molar-refractivity contribution in [2.75, 3.05) is 17.3 Å². The second kappa shape index (κ2) is 5.16. The van der Waals surface area contributed by atoms with Gasteiger partial charge in [-0.05, 0) is 18.2 Å². The number of nitrogen functional groups attached to an aromatic ring is 1. The number of aromatic nitrogens is 1. The number of nitrogens with one attached hydrogen (secondary N) is 2. The summed E-state index contributed by atoms with van der Waals surface area (Å²) in [7, 11) is 0. The van der Waals surface area contributed by atoms with E-state index in [-0.39, 0.29) is 6.04 Å². The van der Waals surface area contributed by atoms with Crippen LogP contribution in [0.4, 0.5) is 11.6 Å². The minimum atomic E-state index is 0.213. The fraction of sp³-hybridized carbons (Fsp3) is 0.214. The Hall–Kier alpha value is -2.27. The summed E-state index contributed by atoms with van der Waals surface area (Å²) in [6.45, 7) is 0.712. The monoisotopic (exact) mass is 256 g/mol. The van der Waals surface area contributed by atoms with Gasteiger partial charge in [-0.2, -0.15) is 0 Å². The maximum Gasteiger partial charge on any atom is 0.142 e. The second-order valence-corrected chi connectivity index (χ2v) is 4.42.